The Kier molecular flexibility index (Phi) is 3.05. The van der Waals surface area contributed by atoms with Gasteiger partial charge in [-0.2, -0.15) is 0 Å². The molecule has 0 amide bonds. The minimum Gasteiger partial charge on any atom is -0.459 e. The van der Waals surface area contributed by atoms with Crippen LogP contribution in [-0.2, 0) is 6.54 Å². The molecule has 2 bridgehead atoms. The molecule has 6 heteroatoms. The van der Waals surface area contributed by atoms with E-state index in [0.717, 1.165) is 19.6 Å². The number of fused-ring (bicyclic) bond motifs is 2. The molecule has 6 nitrogen and oxygen atoms in total. The van der Waals surface area contributed by atoms with Crippen molar-refractivity contribution in [3.63, 3.8) is 0 Å². The van der Waals surface area contributed by atoms with Crippen molar-refractivity contribution >= 4 is 0 Å². The molecule has 4 rings (SSSR count). The molecule has 2 atom stereocenters. The van der Waals surface area contributed by atoms with Crippen LogP contribution >= 0.6 is 0 Å². The standard InChI is InChI=1S/C14H18N4O2/c1-2-12(19-7-1)14-17-16-13(20-14)9-18-6-5-10-3-4-11(8-18)15-10/h1-2,7,10-11,15H,3-6,8-9H2. The van der Waals surface area contributed by atoms with E-state index < -0.39 is 0 Å². The Bertz CT molecular complexity index is 566. The molecule has 0 aromatic carbocycles. The van der Waals surface area contributed by atoms with Gasteiger partial charge in [0.05, 0.1) is 12.8 Å². The number of hydrogen-bond acceptors (Lipinski definition) is 6. The van der Waals surface area contributed by atoms with Gasteiger partial charge >= 0.3 is 0 Å². The fourth-order valence-electron chi connectivity index (χ4n) is 3.17. The Labute approximate surface area is 117 Å². The van der Waals surface area contributed by atoms with E-state index in [9.17, 15) is 0 Å². The third-order valence-corrected chi connectivity index (χ3v) is 4.17. The number of hydrogen-bond donors (Lipinski definition) is 1. The molecule has 2 aromatic rings. The summed E-state index contributed by atoms with van der Waals surface area (Å²) in [6, 6.07) is 4.96. The highest BCUT2D eigenvalue weighted by molar-refractivity contribution is 5.42. The Hall–Kier alpha value is -1.66. The van der Waals surface area contributed by atoms with Crippen LogP contribution in [0.3, 0.4) is 0 Å². The van der Waals surface area contributed by atoms with Gasteiger partial charge in [-0.25, -0.2) is 0 Å². The summed E-state index contributed by atoms with van der Waals surface area (Å²) < 4.78 is 10.9. The molecule has 20 heavy (non-hydrogen) atoms. The lowest BCUT2D eigenvalue weighted by molar-refractivity contribution is 0.228. The number of likely N-dealkylation sites (tertiary alicyclic amines) is 1. The van der Waals surface area contributed by atoms with E-state index in [1.165, 1.54) is 19.3 Å². The zero-order valence-electron chi connectivity index (χ0n) is 11.3. The predicted molar refractivity (Wildman–Crippen MR) is 71.8 cm³/mol. The fourth-order valence-corrected chi connectivity index (χ4v) is 3.17. The van der Waals surface area contributed by atoms with Crippen molar-refractivity contribution in [3.05, 3.63) is 24.3 Å². The first-order valence-electron chi connectivity index (χ1n) is 7.21. The van der Waals surface area contributed by atoms with Gasteiger partial charge in [-0.1, -0.05) is 0 Å². The first kappa shape index (κ1) is 12.1. The monoisotopic (exact) mass is 274 g/mol. The zero-order chi connectivity index (χ0) is 13.4. The first-order chi connectivity index (χ1) is 9.87. The second-order valence-electron chi connectivity index (χ2n) is 5.64. The van der Waals surface area contributed by atoms with Crippen molar-refractivity contribution < 1.29 is 8.83 Å². The second-order valence-corrected chi connectivity index (χ2v) is 5.64. The van der Waals surface area contributed by atoms with Crippen LogP contribution in [0.25, 0.3) is 11.7 Å². The van der Waals surface area contributed by atoms with E-state index in [4.69, 9.17) is 8.83 Å². The van der Waals surface area contributed by atoms with E-state index in [1.54, 1.807) is 6.26 Å². The lowest BCUT2D eigenvalue weighted by Crippen LogP contribution is -2.35. The van der Waals surface area contributed by atoms with Crippen molar-refractivity contribution in [1.82, 2.24) is 20.4 Å². The molecule has 0 spiro atoms. The molecule has 2 saturated heterocycles. The van der Waals surface area contributed by atoms with Gasteiger partial charge in [0.1, 0.15) is 0 Å². The molecule has 2 aliphatic rings. The van der Waals surface area contributed by atoms with Crippen LogP contribution in [0.2, 0.25) is 0 Å². The summed E-state index contributed by atoms with van der Waals surface area (Å²) in [6.07, 6.45) is 5.41. The summed E-state index contributed by atoms with van der Waals surface area (Å²) in [5.41, 5.74) is 0. The minimum absolute atomic E-state index is 0.458. The van der Waals surface area contributed by atoms with E-state index in [1.807, 2.05) is 12.1 Å². The lowest BCUT2D eigenvalue weighted by atomic mass is 10.1. The number of aromatic nitrogens is 2. The van der Waals surface area contributed by atoms with Gasteiger partial charge in [0, 0.05) is 25.2 Å². The SMILES string of the molecule is c1coc(-c2nnc(CN3CCC4CCC(C3)N4)o2)c1. The minimum atomic E-state index is 0.458. The Morgan fingerprint density at radius 2 is 2.20 bits per heavy atom. The highest BCUT2D eigenvalue weighted by Gasteiger charge is 2.29. The summed E-state index contributed by atoms with van der Waals surface area (Å²) in [6.45, 7) is 2.88. The van der Waals surface area contributed by atoms with Gasteiger partial charge in [-0.3, -0.25) is 4.90 Å². The molecular formula is C14H18N4O2. The maximum absolute atomic E-state index is 5.67. The molecule has 2 fully saturated rings. The van der Waals surface area contributed by atoms with Gasteiger partial charge in [0.25, 0.3) is 5.89 Å². The number of nitrogens with one attached hydrogen (secondary N) is 1. The largest absolute Gasteiger partial charge is 0.459 e. The fraction of sp³-hybridized carbons (Fsp3) is 0.571. The molecule has 2 aromatic heterocycles. The summed E-state index contributed by atoms with van der Waals surface area (Å²) >= 11 is 0. The Balaban J connectivity index is 1.44. The summed E-state index contributed by atoms with van der Waals surface area (Å²) in [5.74, 6) is 1.74. The van der Waals surface area contributed by atoms with Crippen LogP contribution in [0.1, 0.15) is 25.2 Å². The summed E-state index contributed by atoms with van der Waals surface area (Å²) in [7, 11) is 0. The third kappa shape index (κ3) is 2.36. The van der Waals surface area contributed by atoms with Crippen LogP contribution < -0.4 is 5.32 Å². The van der Waals surface area contributed by atoms with E-state index >= 15 is 0 Å². The molecule has 0 saturated carbocycles. The topological polar surface area (TPSA) is 67.3 Å². The van der Waals surface area contributed by atoms with Crippen molar-refractivity contribution in [2.75, 3.05) is 13.1 Å². The quantitative estimate of drug-likeness (QED) is 0.918. The lowest BCUT2D eigenvalue weighted by Gasteiger charge is -2.21. The summed E-state index contributed by atoms with van der Waals surface area (Å²) in [5, 5.41) is 11.8. The highest BCUT2D eigenvalue weighted by Crippen LogP contribution is 2.22. The summed E-state index contributed by atoms with van der Waals surface area (Å²) in [4.78, 5) is 2.40. The van der Waals surface area contributed by atoms with Crippen molar-refractivity contribution in [2.45, 2.75) is 37.9 Å². The molecular weight excluding hydrogens is 256 g/mol. The van der Waals surface area contributed by atoms with E-state index in [2.05, 4.69) is 20.4 Å². The van der Waals surface area contributed by atoms with Crippen LogP contribution in [0.4, 0.5) is 0 Å². The molecule has 2 unspecified atom stereocenters. The predicted octanol–water partition coefficient (Wildman–Crippen LogP) is 1.66. The maximum Gasteiger partial charge on any atom is 0.283 e. The van der Waals surface area contributed by atoms with Crippen molar-refractivity contribution in [3.8, 4) is 11.7 Å². The van der Waals surface area contributed by atoms with E-state index in [0.29, 0.717) is 29.6 Å². The van der Waals surface area contributed by atoms with Crippen LogP contribution in [0.15, 0.2) is 27.2 Å². The normalized spacial score (nSPS) is 26.8. The van der Waals surface area contributed by atoms with Gasteiger partial charge in [0.2, 0.25) is 5.89 Å². The molecule has 1 N–H and O–H groups in total. The number of rotatable bonds is 3. The molecule has 106 valence electrons. The van der Waals surface area contributed by atoms with Gasteiger partial charge < -0.3 is 14.2 Å². The van der Waals surface area contributed by atoms with E-state index in [-0.39, 0.29) is 0 Å². The van der Waals surface area contributed by atoms with Crippen LogP contribution in [-0.4, -0.2) is 40.3 Å². The van der Waals surface area contributed by atoms with Crippen LogP contribution in [0.5, 0.6) is 0 Å². The highest BCUT2D eigenvalue weighted by atomic mass is 16.4. The maximum atomic E-state index is 5.67. The molecule has 0 radical (unpaired) electrons. The number of nitrogens with zero attached hydrogens (tertiary/aromatic N) is 3. The molecule has 2 aliphatic heterocycles. The van der Waals surface area contributed by atoms with Gasteiger partial charge in [-0.15, -0.1) is 10.2 Å². The smallest absolute Gasteiger partial charge is 0.283 e. The second kappa shape index (κ2) is 5.03. The molecule has 4 heterocycles. The third-order valence-electron chi connectivity index (χ3n) is 4.17. The van der Waals surface area contributed by atoms with Crippen molar-refractivity contribution in [2.24, 2.45) is 0 Å². The zero-order valence-corrected chi connectivity index (χ0v) is 11.3. The Morgan fingerprint density at radius 1 is 1.25 bits per heavy atom. The Morgan fingerprint density at radius 3 is 3.10 bits per heavy atom. The first-order valence-corrected chi connectivity index (χ1v) is 7.21. The van der Waals surface area contributed by atoms with Crippen molar-refractivity contribution in [1.29, 1.82) is 0 Å². The average Bonchev–Trinajstić information content (AvgIpc) is 3.13. The van der Waals surface area contributed by atoms with Gasteiger partial charge in [0.15, 0.2) is 5.76 Å². The average molecular weight is 274 g/mol. The van der Waals surface area contributed by atoms with Gasteiger partial charge in [-0.05, 0) is 31.4 Å². The molecule has 0 aliphatic carbocycles. The van der Waals surface area contributed by atoms with Crippen LogP contribution in [0, 0.1) is 0 Å². The number of furan rings is 1.